The van der Waals surface area contributed by atoms with E-state index in [1.807, 2.05) is 0 Å². The highest BCUT2D eigenvalue weighted by molar-refractivity contribution is 5.70. The summed E-state index contributed by atoms with van der Waals surface area (Å²) in [7, 11) is 0. The van der Waals surface area contributed by atoms with Crippen LogP contribution >= 0.6 is 0 Å². The summed E-state index contributed by atoms with van der Waals surface area (Å²) in [4.78, 5) is 15.9. The summed E-state index contributed by atoms with van der Waals surface area (Å²) >= 11 is 0. The van der Waals surface area contributed by atoms with Crippen molar-refractivity contribution in [1.29, 1.82) is 0 Å². The van der Waals surface area contributed by atoms with Gasteiger partial charge in [0, 0.05) is 24.5 Å². The Morgan fingerprint density at radius 1 is 0.929 bits per heavy atom. The van der Waals surface area contributed by atoms with Crippen LogP contribution in [0.25, 0.3) is 0 Å². The van der Waals surface area contributed by atoms with E-state index in [-0.39, 0.29) is 5.92 Å². The minimum Gasteiger partial charge on any atom is -0.481 e. The maximum absolute atomic E-state index is 11.2. The van der Waals surface area contributed by atoms with Gasteiger partial charge in [-0.25, -0.2) is 0 Å². The summed E-state index contributed by atoms with van der Waals surface area (Å²) < 4.78 is 0. The Morgan fingerprint density at radius 3 is 2.14 bits per heavy atom. The van der Waals surface area contributed by atoms with E-state index >= 15 is 0 Å². The minimum absolute atomic E-state index is 0.168. The van der Waals surface area contributed by atoms with Gasteiger partial charge in [-0.05, 0) is 63.0 Å². The third-order valence-electron chi connectivity index (χ3n) is 5.60. The van der Waals surface area contributed by atoms with E-state index in [0.717, 1.165) is 51.9 Å². The number of benzene rings is 2. The van der Waals surface area contributed by atoms with Crippen LogP contribution in [-0.2, 0) is 4.79 Å². The van der Waals surface area contributed by atoms with Crippen molar-refractivity contribution in [3.63, 3.8) is 0 Å². The number of carbonyl (C=O) groups is 1. The molecule has 0 radical (unpaired) electrons. The summed E-state index contributed by atoms with van der Waals surface area (Å²) in [6, 6.07) is 21.2. The first-order chi connectivity index (χ1) is 13.7. The molecule has 0 bridgehead atoms. The molecule has 4 heteroatoms. The Labute approximate surface area is 168 Å². The first-order valence-electron chi connectivity index (χ1n) is 10.6. The number of unbranched alkanes of at least 4 members (excludes halogenated alkanes) is 3. The van der Waals surface area contributed by atoms with Crippen LogP contribution in [0.15, 0.2) is 60.7 Å². The van der Waals surface area contributed by atoms with E-state index in [4.69, 9.17) is 0 Å². The van der Waals surface area contributed by atoms with Crippen LogP contribution in [0.4, 0.5) is 11.4 Å². The molecule has 2 aromatic rings. The monoisotopic (exact) mass is 380 g/mol. The van der Waals surface area contributed by atoms with Crippen LogP contribution in [0, 0.1) is 5.92 Å². The van der Waals surface area contributed by atoms with Gasteiger partial charge >= 0.3 is 5.97 Å². The fourth-order valence-electron chi connectivity index (χ4n) is 4.04. The maximum atomic E-state index is 11.2. The third-order valence-corrected chi connectivity index (χ3v) is 5.60. The quantitative estimate of drug-likeness (QED) is 0.577. The van der Waals surface area contributed by atoms with E-state index < -0.39 is 5.97 Å². The number of piperidine rings is 1. The molecular formula is C24H32N2O2. The van der Waals surface area contributed by atoms with Crippen molar-refractivity contribution in [2.75, 3.05) is 31.1 Å². The summed E-state index contributed by atoms with van der Waals surface area (Å²) in [6.45, 7) is 3.83. The molecule has 150 valence electrons. The highest BCUT2D eigenvalue weighted by Gasteiger charge is 2.24. The number of carboxylic acids is 1. The lowest BCUT2D eigenvalue weighted by Gasteiger charge is -2.30. The molecule has 1 atom stereocenters. The topological polar surface area (TPSA) is 43.8 Å². The van der Waals surface area contributed by atoms with Crippen LogP contribution < -0.4 is 4.90 Å². The van der Waals surface area contributed by atoms with Gasteiger partial charge < -0.3 is 14.9 Å². The lowest BCUT2D eigenvalue weighted by molar-refractivity contribution is -0.143. The number of anilines is 2. The molecule has 1 saturated heterocycles. The Bertz CT molecular complexity index is 666. The van der Waals surface area contributed by atoms with Crippen LogP contribution in [-0.4, -0.2) is 42.2 Å². The van der Waals surface area contributed by atoms with Gasteiger partial charge in [0.05, 0.1) is 5.92 Å². The number of nitrogens with zero attached hydrogens (tertiary/aromatic N) is 2. The molecule has 1 aliphatic rings. The van der Waals surface area contributed by atoms with Crippen LogP contribution in [0.2, 0.25) is 0 Å². The fourth-order valence-corrected chi connectivity index (χ4v) is 4.04. The van der Waals surface area contributed by atoms with Crippen molar-refractivity contribution in [2.24, 2.45) is 5.92 Å². The number of carboxylic acid groups (broad SMARTS) is 1. The molecule has 1 fully saturated rings. The molecule has 4 nitrogen and oxygen atoms in total. The Morgan fingerprint density at radius 2 is 1.54 bits per heavy atom. The van der Waals surface area contributed by atoms with Gasteiger partial charge in [0.25, 0.3) is 0 Å². The Kier molecular flexibility index (Phi) is 7.92. The zero-order valence-electron chi connectivity index (χ0n) is 16.7. The summed E-state index contributed by atoms with van der Waals surface area (Å²) in [5.74, 6) is -0.800. The third kappa shape index (κ3) is 6.10. The van der Waals surface area contributed by atoms with Gasteiger partial charge in [-0.1, -0.05) is 49.2 Å². The Hall–Kier alpha value is -2.33. The first-order valence-corrected chi connectivity index (χ1v) is 10.6. The molecule has 0 amide bonds. The van der Waals surface area contributed by atoms with E-state index in [9.17, 15) is 9.90 Å². The van der Waals surface area contributed by atoms with Gasteiger partial charge in [-0.3, -0.25) is 4.79 Å². The van der Waals surface area contributed by atoms with Gasteiger partial charge in [0.1, 0.15) is 0 Å². The molecule has 0 spiro atoms. The van der Waals surface area contributed by atoms with Crippen molar-refractivity contribution in [3.05, 3.63) is 60.7 Å². The zero-order chi connectivity index (χ0) is 19.6. The summed E-state index contributed by atoms with van der Waals surface area (Å²) in [6.07, 6.45) is 6.56. The van der Waals surface area contributed by atoms with Crippen molar-refractivity contribution >= 4 is 17.3 Å². The van der Waals surface area contributed by atoms with Crippen LogP contribution in [0.3, 0.4) is 0 Å². The van der Waals surface area contributed by atoms with Crippen LogP contribution in [0.1, 0.15) is 38.5 Å². The SMILES string of the molecule is O=C(O)C1CCCN(CCCCCCN(c2ccccc2)c2ccccc2)C1. The second-order valence-corrected chi connectivity index (χ2v) is 7.71. The number of likely N-dealkylation sites (tertiary alicyclic amines) is 1. The molecule has 0 aromatic heterocycles. The molecule has 28 heavy (non-hydrogen) atoms. The number of hydrogen-bond acceptors (Lipinski definition) is 3. The fraction of sp³-hybridized carbons (Fsp3) is 0.458. The van der Waals surface area contributed by atoms with E-state index in [1.165, 1.54) is 24.2 Å². The predicted octanol–water partition coefficient (Wildman–Crippen LogP) is 5.18. The molecule has 1 N–H and O–H groups in total. The molecule has 2 aromatic carbocycles. The number of aliphatic carboxylic acids is 1. The molecule has 1 unspecified atom stereocenters. The minimum atomic E-state index is -0.633. The van der Waals surface area contributed by atoms with Crippen molar-refractivity contribution in [2.45, 2.75) is 38.5 Å². The highest BCUT2D eigenvalue weighted by atomic mass is 16.4. The van der Waals surface area contributed by atoms with Crippen molar-refractivity contribution < 1.29 is 9.90 Å². The molecule has 1 heterocycles. The smallest absolute Gasteiger partial charge is 0.307 e. The normalized spacial score (nSPS) is 17.4. The Balaban J connectivity index is 1.41. The standard InChI is InChI=1S/C24H32N2O2/c27-24(28)21-12-11-18-25(20-21)17-9-1-2-10-19-26(22-13-5-3-6-14-22)23-15-7-4-8-16-23/h3-8,13-16,21H,1-2,9-12,17-20H2,(H,27,28). The molecule has 0 aliphatic carbocycles. The first kappa shape index (κ1) is 20.4. The van der Waals surface area contributed by atoms with Gasteiger partial charge in [-0.2, -0.15) is 0 Å². The largest absolute Gasteiger partial charge is 0.481 e. The average molecular weight is 381 g/mol. The number of hydrogen-bond donors (Lipinski definition) is 1. The summed E-state index contributed by atoms with van der Waals surface area (Å²) in [5, 5.41) is 9.21. The lowest BCUT2D eigenvalue weighted by Crippen LogP contribution is -2.39. The van der Waals surface area contributed by atoms with E-state index in [2.05, 4.69) is 70.5 Å². The van der Waals surface area contributed by atoms with Crippen molar-refractivity contribution in [1.82, 2.24) is 4.90 Å². The molecule has 0 saturated carbocycles. The van der Waals surface area contributed by atoms with Gasteiger partial charge in [0.15, 0.2) is 0 Å². The summed E-state index contributed by atoms with van der Waals surface area (Å²) in [5.41, 5.74) is 2.48. The molecular weight excluding hydrogens is 348 g/mol. The lowest BCUT2D eigenvalue weighted by atomic mass is 9.98. The van der Waals surface area contributed by atoms with Gasteiger partial charge in [-0.15, -0.1) is 0 Å². The van der Waals surface area contributed by atoms with E-state index in [0.29, 0.717) is 0 Å². The second kappa shape index (κ2) is 10.9. The predicted molar refractivity (Wildman–Crippen MR) is 115 cm³/mol. The second-order valence-electron chi connectivity index (χ2n) is 7.71. The van der Waals surface area contributed by atoms with Gasteiger partial charge in [0.2, 0.25) is 0 Å². The van der Waals surface area contributed by atoms with Crippen LogP contribution in [0.5, 0.6) is 0 Å². The van der Waals surface area contributed by atoms with Crippen molar-refractivity contribution in [3.8, 4) is 0 Å². The van der Waals surface area contributed by atoms with E-state index in [1.54, 1.807) is 0 Å². The highest BCUT2D eigenvalue weighted by Crippen LogP contribution is 2.25. The number of para-hydroxylation sites is 2. The molecule has 3 rings (SSSR count). The average Bonchev–Trinajstić information content (AvgIpc) is 2.74. The maximum Gasteiger partial charge on any atom is 0.307 e. The number of rotatable bonds is 10. The zero-order valence-corrected chi connectivity index (χ0v) is 16.7. The molecule has 1 aliphatic heterocycles.